The summed E-state index contributed by atoms with van der Waals surface area (Å²) in [6, 6.07) is 5.71. The molecule has 0 aliphatic heterocycles. The smallest absolute Gasteiger partial charge is 0.0439 e. The molecule has 0 bridgehead atoms. The number of rotatable bonds is 4. The Morgan fingerprint density at radius 2 is 2.00 bits per heavy atom. The lowest BCUT2D eigenvalue weighted by Gasteiger charge is -2.33. The molecular formula is C16H21Cl3. The van der Waals surface area contributed by atoms with Crippen molar-refractivity contribution in [2.45, 2.75) is 50.8 Å². The molecule has 0 amide bonds. The van der Waals surface area contributed by atoms with Gasteiger partial charge < -0.3 is 0 Å². The van der Waals surface area contributed by atoms with Crippen LogP contribution < -0.4 is 0 Å². The van der Waals surface area contributed by atoms with E-state index in [-0.39, 0.29) is 5.38 Å². The number of hydrogen-bond acceptors (Lipinski definition) is 0. The first-order chi connectivity index (χ1) is 9.10. The van der Waals surface area contributed by atoms with E-state index in [1.807, 2.05) is 18.2 Å². The van der Waals surface area contributed by atoms with Gasteiger partial charge in [0, 0.05) is 15.4 Å². The fraction of sp³-hybridized carbons (Fsp3) is 0.625. The lowest BCUT2D eigenvalue weighted by Crippen LogP contribution is -2.27. The van der Waals surface area contributed by atoms with E-state index in [1.165, 1.54) is 25.7 Å². The second-order valence-electron chi connectivity index (χ2n) is 5.68. The monoisotopic (exact) mass is 318 g/mol. The summed E-state index contributed by atoms with van der Waals surface area (Å²) in [6.07, 6.45) is 7.18. The highest BCUT2D eigenvalue weighted by atomic mass is 35.5. The molecule has 3 unspecified atom stereocenters. The summed E-state index contributed by atoms with van der Waals surface area (Å²) in [7, 11) is 0. The van der Waals surface area contributed by atoms with Crippen LogP contribution in [0.2, 0.25) is 10.0 Å². The lowest BCUT2D eigenvalue weighted by molar-refractivity contribution is 0.257. The fourth-order valence-electron chi connectivity index (χ4n) is 3.19. The molecule has 0 N–H and O–H groups in total. The van der Waals surface area contributed by atoms with Crippen LogP contribution in [0.15, 0.2) is 18.2 Å². The van der Waals surface area contributed by atoms with Gasteiger partial charge in [0.15, 0.2) is 0 Å². The second-order valence-corrected chi connectivity index (χ2v) is 7.09. The van der Waals surface area contributed by atoms with Gasteiger partial charge in [-0.25, -0.2) is 0 Å². The Morgan fingerprint density at radius 3 is 2.74 bits per heavy atom. The van der Waals surface area contributed by atoms with Crippen LogP contribution >= 0.6 is 34.8 Å². The molecule has 0 radical (unpaired) electrons. The van der Waals surface area contributed by atoms with Gasteiger partial charge in [-0.1, -0.05) is 43.0 Å². The van der Waals surface area contributed by atoms with Gasteiger partial charge in [0.2, 0.25) is 0 Å². The minimum absolute atomic E-state index is 0.281. The zero-order valence-corrected chi connectivity index (χ0v) is 13.6. The maximum absolute atomic E-state index is 6.51. The van der Waals surface area contributed by atoms with Crippen LogP contribution in [-0.2, 0) is 6.42 Å². The van der Waals surface area contributed by atoms with Crippen LogP contribution in [0.3, 0.4) is 0 Å². The van der Waals surface area contributed by atoms with Crippen molar-refractivity contribution < 1.29 is 0 Å². The van der Waals surface area contributed by atoms with Gasteiger partial charge in [-0.3, -0.25) is 0 Å². The summed E-state index contributed by atoms with van der Waals surface area (Å²) in [5.74, 6) is 1.37. The van der Waals surface area contributed by atoms with Gasteiger partial charge in [-0.05, 0) is 61.3 Å². The molecule has 2 rings (SSSR count). The summed E-state index contributed by atoms with van der Waals surface area (Å²) < 4.78 is 0. The van der Waals surface area contributed by atoms with Crippen LogP contribution in [0.5, 0.6) is 0 Å². The molecule has 0 spiro atoms. The number of alkyl halides is 1. The highest BCUT2D eigenvalue weighted by molar-refractivity contribution is 6.33. The molecule has 1 saturated carbocycles. The van der Waals surface area contributed by atoms with Crippen LogP contribution in [-0.4, -0.2) is 5.38 Å². The Balaban J connectivity index is 2.05. The molecule has 106 valence electrons. The molecule has 1 aliphatic carbocycles. The highest BCUT2D eigenvalue weighted by Crippen LogP contribution is 2.38. The molecule has 3 heteroatoms. The normalized spacial score (nSPS) is 27.5. The first-order valence-corrected chi connectivity index (χ1v) is 8.37. The molecule has 1 aromatic carbocycles. The maximum atomic E-state index is 6.51. The molecular weight excluding hydrogens is 299 g/mol. The van der Waals surface area contributed by atoms with Gasteiger partial charge >= 0.3 is 0 Å². The fourth-order valence-corrected chi connectivity index (χ4v) is 3.90. The van der Waals surface area contributed by atoms with Crippen LogP contribution in [0.4, 0.5) is 0 Å². The van der Waals surface area contributed by atoms with Crippen molar-refractivity contribution in [2.24, 2.45) is 11.8 Å². The third-order valence-corrected chi connectivity index (χ3v) is 5.36. The van der Waals surface area contributed by atoms with Crippen LogP contribution in [0.25, 0.3) is 0 Å². The predicted molar refractivity (Wildman–Crippen MR) is 85.5 cm³/mol. The third-order valence-electron chi connectivity index (χ3n) is 4.19. The molecule has 1 fully saturated rings. The van der Waals surface area contributed by atoms with E-state index >= 15 is 0 Å². The van der Waals surface area contributed by atoms with Crippen molar-refractivity contribution in [3.8, 4) is 0 Å². The largest absolute Gasteiger partial charge is 0.123 e. The van der Waals surface area contributed by atoms with Gasteiger partial charge in [-0.2, -0.15) is 0 Å². The van der Waals surface area contributed by atoms with Crippen molar-refractivity contribution in [3.05, 3.63) is 33.8 Å². The quantitative estimate of drug-likeness (QED) is 0.566. The molecule has 0 aromatic heterocycles. The summed E-state index contributed by atoms with van der Waals surface area (Å²) in [4.78, 5) is 0. The van der Waals surface area contributed by atoms with Gasteiger partial charge in [0.1, 0.15) is 0 Å². The Morgan fingerprint density at radius 1 is 1.21 bits per heavy atom. The standard InChI is InChI=1S/C16H21Cl3/c1-2-3-11-4-6-15(18)12(8-11)9-13-10-14(17)5-7-16(13)19/h5,7,10-12,15H,2-4,6,8-9H2,1H3. The molecule has 0 nitrogen and oxygen atoms in total. The average molecular weight is 320 g/mol. The van der Waals surface area contributed by atoms with Crippen molar-refractivity contribution in [3.63, 3.8) is 0 Å². The van der Waals surface area contributed by atoms with E-state index in [0.717, 1.165) is 34.4 Å². The number of benzene rings is 1. The number of hydrogen-bond donors (Lipinski definition) is 0. The summed E-state index contributed by atoms with van der Waals surface area (Å²) in [5, 5.41) is 1.85. The van der Waals surface area contributed by atoms with E-state index < -0.39 is 0 Å². The zero-order valence-electron chi connectivity index (χ0n) is 11.3. The van der Waals surface area contributed by atoms with Gasteiger partial charge in [0.05, 0.1) is 0 Å². The van der Waals surface area contributed by atoms with E-state index in [9.17, 15) is 0 Å². The lowest BCUT2D eigenvalue weighted by atomic mass is 9.76. The highest BCUT2D eigenvalue weighted by Gasteiger charge is 2.29. The first kappa shape index (κ1) is 15.5. The molecule has 19 heavy (non-hydrogen) atoms. The third kappa shape index (κ3) is 4.28. The molecule has 1 aliphatic rings. The zero-order chi connectivity index (χ0) is 13.8. The van der Waals surface area contributed by atoms with Crippen LogP contribution in [0, 0.1) is 11.8 Å². The summed E-state index contributed by atoms with van der Waals surface area (Å²) in [5.41, 5.74) is 1.14. The van der Waals surface area contributed by atoms with Crippen molar-refractivity contribution >= 4 is 34.8 Å². The molecule has 1 aromatic rings. The predicted octanol–water partition coefficient (Wildman–Crippen LogP) is 6.36. The SMILES string of the molecule is CCCC1CCC(Cl)C(Cc2cc(Cl)ccc2Cl)C1. The minimum Gasteiger partial charge on any atom is -0.123 e. The van der Waals surface area contributed by atoms with Crippen molar-refractivity contribution in [1.82, 2.24) is 0 Å². The van der Waals surface area contributed by atoms with E-state index in [0.29, 0.717) is 5.92 Å². The van der Waals surface area contributed by atoms with E-state index in [2.05, 4.69) is 6.92 Å². The van der Waals surface area contributed by atoms with Crippen molar-refractivity contribution in [2.75, 3.05) is 0 Å². The van der Waals surface area contributed by atoms with Gasteiger partial charge in [-0.15, -0.1) is 11.6 Å². The average Bonchev–Trinajstić information content (AvgIpc) is 2.38. The van der Waals surface area contributed by atoms with Crippen LogP contribution in [0.1, 0.15) is 44.6 Å². The minimum atomic E-state index is 0.281. The second kappa shape index (κ2) is 7.20. The first-order valence-electron chi connectivity index (χ1n) is 7.18. The number of halogens is 3. The van der Waals surface area contributed by atoms with Gasteiger partial charge in [0.25, 0.3) is 0 Å². The summed E-state index contributed by atoms with van der Waals surface area (Å²) >= 11 is 18.8. The van der Waals surface area contributed by atoms with E-state index in [4.69, 9.17) is 34.8 Å². The van der Waals surface area contributed by atoms with E-state index in [1.54, 1.807) is 0 Å². The Labute approximate surface area is 131 Å². The molecule has 0 heterocycles. The molecule has 3 atom stereocenters. The maximum Gasteiger partial charge on any atom is 0.0439 e. The summed E-state index contributed by atoms with van der Waals surface area (Å²) in [6.45, 7) is 2.26. The Bertz CT molecular complexity index is 416. The van der Waals surface area contributed by atoms with Crippen molar-refractivity contribution in [1.29, 1.82) is 0 Å². The Hall–Kier alpha value is 0.0900. The topological polar surface area (TPSA) is 0 Å². The molecule has 0 saturated heterocycles. The Kier molecular flexibility index (Phi) is 5.87.